The highest BCUT2D eigenvalue weighted by atomic mass is 16.5. The van der Waals surface area contributed by atoms with Gasteiger partial charge in [0.25, 0.3) is 0 Å². The minimum atomic E-state index is -0.170. The average Bonchev–Trinajstić information content (AvgIpc) is 2.58. The van der Waals surface area contributed by atoms with Crippen molar-refractivity contribution < 1.29 is 9.85 Å². The van der Waals surface area contributed by atoms with Crippen molar-refractivity contribution >= 4 is 0 Å². The molecule has 2 atom stereocenters. The summed E-state index contributed by atoms with van der Waals surface area (Å²) in [5.41, 5.74) is 2.43. The fraction of sp³-hybridized carbons (Fsp3) is 1.00. The van der Waals surface area contributed by atoms with Crippen LogP contribution in [0.25, 0.3) is 0 Å². The van der Waals surface area contributed by atoms with E-state index in [2.05, 4.69) is 12.4 Å². The molecule has 2 N–H and O–H groups in total. The predicted octanol–water partition coefficient (Wildman–Crippen LogP) is 5.78. The van der Waals surface area contributed by atoms with E-state index in [1.807, 2.05) is 6.92 Å². The standard InChI is InChI=1S/C20H44N2O2/c1-4-6-7-8-9-10-11-12-13-14-15-17-20(21-23)18-16-19-22(3,24)5-2/h20-21,23H,4-19H2,1-3H3. The van der Waals surface area contributed by atoms with Crippen molar-refractivity contribution in [2.24, 2.45) is 0 Å². The minimum Gasteiger partial charge on any atom is -0.633 e. The van der Waals surface area contributed by atoms with Crippen LogP contribution in [-0.4, -0.2) is 36.0 Å². The largest absolute Gasteiger partial charge is 0.633 e. The van der Waals surface area contributed by atoms with E-state index in [1.54, 1.807) is 7.05 Å². The lowest BCUT2D eigenvalue weighted by Gasteiger charge is -2.37. The fourth-order valence-corrected chi connectivity index (χ4v) is 3.16. The molecule has 0 saturated heterocycles. The van der Waals surface area contributed by atoms with Crippen LogP contribution in [0, 0.1) is 5.21 Å². The zero-order chi connectivity index (χ0) is 18.1. The zero-order valence-electron chi connectivity index (χ0n) is 16.7. The molecule has 24 heavy (non-hydrogen) atoms. The number of nitrogens with zero attached hydrogens (tertiary/aromatic N) is 1. The molecule has 2 unspecified atom stereocenters. The average molecular weight is 345 g/mol. The Kier molecular flexibility index (Phi) is 16.2. The number of hydrogen-bond acceptors (Lipinski definition) is 3. The Labute approximate surface area is 151 Å². The Bertz CT molecular complexity index is 260. The highest BCUT2D eigenvalue weighted by Gasteiger charge is 2.11. The maximum absolute atomic E-state index is 11.9. The number of hydroxylamine groups is 4. The van der Waals surface area contributed by atoms with E-state index in [1.165, 1.54) is 70.6 Å². The molecule has 4 heteroatoms. The van der Waals surface area contributed by atoms with E-state index in [0.717, 1.165) is 19.3 Å². The van der Waals surface area contributed by atoms with Crippen molar-refractivity contribution in [3.63, 3.8) is 0 Å². The summed E-state index contributed by atoms with van der Waals surface area (Å²) in [5.74, 6) is 0. The van der Waals surface area contributed by atoms with Gasteiger partial charge in [0, 0.05) is 6.04 Å². The SMILES string of the molecule is CCCCCCCCCCCCCC(CCC[N+](C)([O-])CC)NO. The molecule has 0 aliphatic heterocycles. The van der Waals surface area contributed by atoms with Gasteiger partial charge in [-0.1, -0.05) is 77.6 Å². The lowest BCUT2D eigenvalue weighted by atomic mass is 10.0. The van der Waals surface area contributed by atoms with E-state index < -0.39 is 0 Å². The number of quaternary nitrogens is 1. The van der Waals surface area contributed by atoms with Gasteiger partial charge in [-0.05, 0) is 26.2 Å². The first-order valence-electron chi connectivity index (χ1n) is 10.5. The van der Waals surface area contributed by atoms with E-state index >= 15 is 0 Å². The fourth-order valence-electron chi connectivity index (χ4n) is 3.16. The van der Waals surface area contributed by atoms with Crippen LogP contribution in [0.5, 0.6) is 0 Å². The van der Waals surface area contributed by atoms with Crippen LogP contribution in [0.1, 0.15) is 104 Å². The molecule has 0 spiro atoms. The van der Waals surface area contributed by atoms with Crippen molar-refractivity contribution in [2.45, 2.75) is 110 Å². The van der Waals surface area contributed by atoms with Gasteiger partial charge in [-0.25, -0.2) is 5.48 Å². The molecule has 0 aromatic carbocycles. The quantitative estimate of drug-likeness (QED) is 0.188. The molecular formula is C20H44N2O2. The molecular weight excluding hydrogens is 300 g/mol. The molecule has 0 radical (unpaired) electrons. The minimum absolute atomic E-state index is 0.153. The second-order valence-corrected chi connectivity index (χ2v) is 7.63. The number of rotatable bonds is 18. The first-order chi connectivity index (χ1) is 11.6. The number of unbranched alkanes of at least 4 members (excludes halogenated alkanes) is 10. The summed E-state index contributed by atoms with van der Waals surface area (Å²) in [6, 6.07) is 0.153. The van der Waals surface area contributed by atoms with Crippen LogP contribution in [0.15, 0.2) is 0 Å². The Balaban J connectivity index is 3.41. The molecule has 0 rings (SSSR count). The third-order valence-electron chi connectivity index (χ3n) is 5.19. The lowest BCUT2D eigenvalue weighted by molar-refractivity contribution is -0.859. The molecule has 0 fully saturated rings. The molecule has 4 nitrogen and oxygen atoms in total. The van der Waals surface area contributed by atoms with Gasteiger partial charge in [0.2, 0.25) is 0 Å². The highest BCUT2D eigenvalue weighted by Crippen LogP contribution is 2.14. The zero-order valence-corrected chi connectivity index (χ0v) is 16.7. The third-order valence-corrected chi connectivity index (χ3v) is 5.19. The summed E-state index contributed by atoms with van der Waals surface area (Å²) in [7, 11) is 1.73. The van der Waals surface area contributed by atoms with Gasteiger partial charge in [-0.2, -0.15) is 0 Å². The van der Waals surface area contributed by atoms with Gasteiger partial charge in [0.1, 0.15) is 0 Å². The maximum atomic E-state index is 11.9. The van der Waals surface area contributed by atoms with Crippen molar-refractivity contribution in [1.29, 1.82) is 0 Å². The Morgan fingerprint density at radius 2 is 1.25 bits per heavy atom. The van der Waals surface area contributed by atoms with Crippen LogP contribution < -0.4 is 5.48 Å². The van der Waals surface area contributed by atoms with E-state index in [-0.39, 0.29) is 10.7 Å². The first kappa shape index (κ1) is 23.8. The monoisotopic (exact) mass is 344 g/mol. The Hall–Kier alpha value is -0.160. The van der Waals surface area contributed by atoms with E-state index in [4.69, 9.17) is 0 Å². The summed E-state index contributed by atoms with van der Waals surface area (Å²) < 4.78 is -0.170. The third kappa shape index (κ3) is 15.4. The van der Waals surface area contributed by atoms with Crippen LogP contribution in [0.4, 0.5) is 0 Å². The summed E-state index contributed by atoms with van der Waals surface area (Å²) in [6.45, 7) is 5.46. The van der Waals surface area contributed by atoms with Gasteiger partial charge >= 0.3 is 0 Å². The van der Waals surface area contributed by atoms with Gasteiger partial charge in [-0.15, -0.1) is 0 Å². The van der Waals surface area contributed by atoms with Crippen molar-refractivity contribution in [3.05, 3.63) is 5.21 Å². The van der Waals surface area contributed by atoms with Gasteiger partial charge < -0.3 is 15.1 Å². The molecule has 0 aromatic rings. The highest BCUT2D eigenvalue weighted by molar-refractivity contribution is 4.63. The van der Waals surface area contributed by atoms with Crippen LogP contribution >= 0.6 is 0 Å². The van der Waals surface area contributed by atoms with Gasteiger partial charge in [0.15, 0.2) is 0 Å². The van der Waals surface area contributed by atoms with Crippen LogP contribution in [-0.2, 0) is 0 Å². The number of hydrogen-bond donors (Lipinski definition) is 2. The number of nitrogens with one attached hydrogen (secondary N) is 1. The lowest BCUT2D eigenvalue weighted by Crippen LogP contribution is -2.38. The van der Waals surface area contributed by atoms with Crippen LogP contribution in [0.3, 0.4) is 0 Å². The molecule has 0 heterocycles. The smallest absolute Gasteiger partial charge is 0.0782 e. The maximum Gasteiger partial charge on any atom is 0.0782 e. The van der Waals surface area contributed by atoms with Gasteiger partial charge in [-0.3, -0.25) is 0 Å². The van der Waals surface area contributed by atoms with Crippen molar-refractivity contribution in [1.82, 2.24) is 5.48 Å². The van der Waals surface area contributed by atoms with Crippen molar-refractivity contribution in [2.75, 3.05) is 20.1 Å². The topological polar surface area (TPSA) is 55.3 Å². The summed E-state index contributed by atoms with van der Waals surface area (Å²) in [5, 5.41) is 21.1. The summed E-state index contributed by atoms with van der Waals surface area (Å²) >= 11 is 0. The predicted molar refractivity (Wildman–Crippen MR) is 104 cm³/mol. The Morgan fingerprint density at radius 3 is 1.71 bits per heavy atom. The van der Waals surface area contributed by atoms with Crippen LogP contribution in [0.2, 0.25) is 0 Å². The molecule has 0 aliphatic carbocycles. The normalized spacial score (nSPS) is 15.4. The van der Waals surface area contributed by atoms with Crippen molar-refractivity contribution in [3.8, 4) is 0 Å². The molecule has 0 amide bonds. The van der Waals surface area contributed by atoms with E-state index in [9.17, 15) is 10.4 Å². The molecule has 0 saturated carbocycles. The second kappa shape index (κ2) is 16.3. The molecule has 0 bridgehead atoms. The summed E-state index contributed by atoms with van der Waals surface area (Å²) in [4.78, 5) is 0. The Morgan fingerprint density at radius 1 is 0.792 bits per heavy atom. The van der Waals surface area contributed by atoms with Gasteiger partial charge in [0.05, 0.1) is 20.1 Å². The molecule has 146 valence electrons. The second-order valence-electron chi connectivity index (χ2n) is 7.63. The molecule has 0 aromatic heterocycles. The molecule has 0 aliphatic rings. The first-order valence-corrected chi connectivity index (χ1v) is 10.5. The van der Waals surface area contributed by atoms with E-state index in [0.29, 0.717) is 13.1 Å². The summed E-state index contributed by atoms with van der Waals surface area (Å²) in [6.07, 6.45) is 17.6.